The Bertz CT molecular complexity index is 1460. The average Bonchev–Trinajstić information content (AvgIpc) is 3.28. The quantitative estimate of drug-likeness (QED) is 0.0200. The van der Waals surface area contributed by atoms with Crippen molar-refractivity contribution in [1.29, 1.82) is 0 Å². The van der Waals surface area contributed by atoms with Gasteiger partial charge in [0.15, 0.2) is 6.04 Å². The molecule has 0 bridgehead atoms. The largest absolute Gasteiger partial charge is 0.480 e. The number of nitrogens with one attached hydrogen (secondary N) is 1. The van der Waals surface area contributed by atoms with Crippen LogP contribution in [0.5, 0.6) is 0 Å². The van der Waals surface area contributed by atoms with E-state index in [0.29, 0.717) is 19.3 Å². The molecule has 0 rings (SSSR count). The Morgan fingerprint density at radius 1 is 0.508 bits per heavy atom. The molecule has 65 heavy (non-hydrogen) atoms. The van der Waals surface area contributed by atoms with Crippen molar-refractivity contribution in [2.24, 2.45) is 0 Å². The number of unbranched alkanes of at least 4 members (excludes halogenated alkanes) is 15. The van der Waals surface area contributed by atoms with E-state index in [1.54, 1.807) is 0 Å². The first-order valence-electron chi connectivity index (χ1n) is 24.8. The second-order valence-corrected chi connectivity index (χ2v) is 17.7. The van der Waals surface area contributed by atoms with Gasteiger partial charge >= 0.3 is 19.8 Å². The molecule has 0 saturated heterocycles. The zero-order chi connectivity index (χ0) is 47.7. The molecule has 0 aromatic carbocycles. The van der Waals surface area contributed by atoms with Crippen LogP contribution in [0.4, 0.5) is 0 Å². The first-order valence-corrected chi connectivity index (χ1v) is 26.3. The van der Waals surface area contributed by atoms with Gasteiger partial charge in [-0.25, -0.2) is 9.36 Å². The van der Waals surface area contributed by atoms with Crippen molar-refractivity contribution in [3.8, 4) is 0 Å². The summed E-state index contributed by atoms with van der Waals surface area (Å²) in [6, 6.07) is -1.56. The highest BCUT2D eigenvalue weighted by atomic mass is 31.2. The maximum atomic E-state index is 12.3. The smallest absolute Gasteiger partial charge is 0.472 e. The van der Waals surface area contributed by atoms with E-state index in [9.17, 15) is 34.1 Å². The van der Waals surface area contributed by atoms with Crippen LogP contribution in [0.1, 0.15) is 187 Å². The number of ether oxygens (including phenoxy) is 1. The molecule has 0 heterocycles. The van der Waals surface area contributed by atoms with Crippen molar-refractivity contribution in [3.05, 3.63) is 97.2 Å². The van der Waals surface area contributed by atoms with Gasteiger partial charge in [-0.15, -0.1) is 0 Å². The molecule has 11 nitrogen and oxygen atoms in total. The maximum Gasteiger partial charge on any atom is 0.472 e. The minimum atomic E-state index is -4.78. The molecule has 0 spiro atoms. The summed E-state index contributed by atoms with van der Waals surface area (Å²) in [5.74, 6) is -2.45. The van der Waals surface area contributed by atoms with Gasteiger partial charge < -0.3 is 25.2 Å². The lowest BCUT2D eigenvalue weighted by Gasteiger charge is -2.18. The van der Waals surface area contributed by atoms with E-state index < -0.39 is 57.6 Å². The number of hydrogen-bond donors (Lipinski definition) is 4. The second-order valence-electron chi connectivity index (χ2n) is 16.3. The van der Waals surface area contributed by atoms with Gasteiger partial charge in [0, 0.05) is 12.8 Å². The predicted molar refractivity (Wildman–Crippen MR) is 267 cm³/mol. The summed E-state index contributed by atoms with van der Waals surface area (Å²) in [5, 5.41) is 21.9. The van der Waals surface area contributed by atoms with E-state index in [0.717, 1.165) is 77.0 Å². The van der Waals surface area contributed by atoms with Crippen molar-refractivity contribution in [1.82, 2.24) is 5.32 Å². The van der Waals surface area contributed by atoms with Gasteiger partial charge in [-0.2, -0.15) is 0 Å². The van der Waals surface area contributed by atoms with Crippen LogP contribution in [0.25, 0.3) is 0 Å². The van der Waals surface area contributed by atoms with E-state index in [1.807, 2.05) is 12.2 Å². The second kappa shape index (κ2) is 46.9. The normalized spacial score (nSPS) is 14.4. The summed E-state index contributed by atoms with van der Waals surface area (Å²) < 4.78 is 26.9. The Hall–Kier alpha value is -3.60. The number of allylic oxidation sites excluding steroid dienone is 16. The highest BCUT2D eigenvalue weighted by Gasteiger charge is 2.28. The van der Waals surface area contributed by atoms with Crippen LogP contribution < -0.4 is 5.32 Å². The fraction of sp³-hybridized carbons (Fsp3) is 0.642. The first kappa shape index (κ1) is 61.4. The third-order valence-electron chi connectivity index (χ3n) is 10.1. The van der Waals surface area contributed by atoms with Gasteiger partial charge in [0.05, 0.1) is 13.2 Å². The molecule has 0 saturated carbocycles. The van der Waals surface area contributed by atoms with Crippen LogP contribution in [0.15, 0.2) is 97.2 Å². The van der Waals surface area contributed by atoms with Crippen molar-refractivity contribution in [2.45, 2.75) is 199 Å². The van der Waals surface area contributed by atoms with E-state index >= 15 is 0 Å². The highest BCUT2D eigenvalue weighted by molar-refractivity contribution is 7.47. The van der Waals surface area contributed by atoms with E-state index in [-0.39, 0.29) is 12.8 Å². The Morgan fingerprint density at radius 3 is 1.38 bits per heavy atom. The van der Waals surface area contributed by atoms with E-state index in [1.165, 1.54) is 64.2 Å². The number of esters is 1. The Labute approximate surface area is 394 Å². The highest BCUT2D eigenvalue weighted by Crippen LogP contribution is 2.43. The molecule has 0 fully saturated rings. The zero-order valence-electron chi connectivity index (χ0n) is 40.3. The molecule has 3 unspecified atom stereocenters. The SMILES string of the molecule is CC/C=C\C/C=C\C/C=C\C/C=C\C/C=C\C/C=C\C/C=C\CCCC(=O)OCC(O)COP(=O)(O)OCC(NC(=O)CCCCCCCCC/C=C\CCCCCCCCC)C(=O)O. The summed E-state index contributed by atoms with van der Waals surface area (Å²) in [6.07, 6.45) is 60.0. The number of phosphoric acid groups is 1. The molecule has 1 amide bonds. The standard InChI is InChI=1S/C53H88NO10P/c1-3-5-7-9-11-13-15-17-19-21-23-24-25-26-27-29-31-33-35-37-39-41-43-45-52(57)62-46-49(55)47-63-65(60,61)64-48-50(53(58)59)54-51(56)44-42-40-38-36-34-32-30-28-22-20-18-16-14-12-10-8-6-4-2/h5,7,11,13,17,19-20,22-24,26-27,31,33,37,39,49-50,55H,3-4,6,8-10,12,14-16,18,21,25,28-30,32,34-36,38,40-48H2,1-2H3,(H,54,56)(H,58,59)(H,60,61)/b7-5-,13-11-,19-17-,22-20-,24-23-,27-26-,33-31-,39-37-. The monoisotopic (exact) mass is 930 g/mol. The Morgan fingerprint density at radius 2 is 0.908 bits per heavy atom. The average molecular weight is 930 g/mol. The fourth-order valence-corrected chi connectivity index (χ4v) is 7.07. The van der Waals surface area contributed by atoms with Crippen LogP contribution in [-0.4, -0.2) is 64.9 Å². The third-order valence-corrected chi connectivity index (χ3v) is 11.1. The number of carbonyl (C=O) groups is 3. The van der Waals surface area contributed by atoms with Crippen LogP contribution in [-0.2, 0) is 32.7 Å². The summed E-state index contributed by atoms with van der Waals surface area (Å²) >= 11 is 0. The molecular weight excluding hydrogens is 842 g/mol. The number of rotatable bonds is 45. The molecule has 0 aromatic rings. The third kappa shape index (κ3) is 46.7. The number of carboxylic acid groups (broad SMARTS) is 1. The number of aliphatic hydroxyl groups is 1. The topological polar surface area (TPSA) is 169 Å². The van der Waals surface area contributed by atoms with Crippen molar-refractivity contribution >= 4 is 25.7 Å². The zero-order valence-corrected chi connectivity index (χ0v) is 41.1. The molecular formula is C53H88NO10P. The molecule has 0 aromatic heterocycles. The Balaban J connectivity index is 3.96. The minimum Gasteiger partial charge on any atom is -0.480 e. The molecule has 12 heteroatoms. The van der Waals surface area contributed by atoms with Gasteiger partial charge in [0.1, 0.15) is 12.7 Å². The number of aliphatic hydroxyl groups excluding tert-OH is 1. The minimum absolute atomic E-state index is 0.132. The molecule has 0 aliphatic heterocycles. The number of aliphatic carboxylic acids is 1. The first-order chi connectivity index (χ1) is 31.6. The number of hydrogen-bond acceptors (Lipinski definition) is 8. The van der Waals surface area contributed by atoms with Gasteiger partial charge in [0.2, 0.25) is 5.91 Å². The molecule has 370 valence electrons. The lowest BCUT2D eigenvalue weighted by molar-refractivity contribution is -0.147. The van der Waals surface area contributed by atoms with Gasteiger partial charge in [-0.1, -0.05) is 182 Å². The molecule has 4 N–H and O–H groups in total. The molecule has 0 aliphatic rings. The van der Waals surface area contributed by atoms with Crippen LogP contribution >= 0.6 is 7.82 Å². The van der Waals surface area contributed by atoms with Crippen molar-refractivity contribution in [3.63, 3.8) is 0 Å². The number of carboxylic acids is 1. The lowest BCUT2D eigenvalue weighted by atomic mass is 10.1. The van der Waals surface area contributed by atoms with Crippen molar-refractivity contribution < 1.29 is 47.8 Å². The summed E-state index contributed by atoms with van der Waals surface area (Å²) in [7, 11) is -4.78. The summed E-state index contributed by atoms with van der Waals surface area (Å²) in [4.78, 5) is 46.1. The number of phosphoric ester groups is 1. The number of amides is 1. The van der Waals surface area contributed by atoms with Crippen LogP contribution in [0, 0.1) is 0 Å². The summed E-state index contributed by atoms with van der Waals surface area (Å²) in [5.41, 5.74) is 0. The van der Waals surface area contributed by atoms with E-state index in [4.69, 9.17) is 13.8 Å². The Kier molecular flexibility index (Phi) is 44.3. The van der Waals surface area contributed by atoms with Gasteiger partial charge in [-0.3, -0.25) is 18.6 Å². The van der Waals surface area contributed by atoms with Crippen molar-refractivity contribution in [2.75, 3.05) is 19.8 Å². The van der Waals surface area contributed by atoms with Gasteiger partial charge in [0.25, 0.3) is 0 Å². The molecule has 3 atom stereocenters. The molecule has 0 aliphatic carbocycles. The number of carbonyl (C=O) groups excluding carboxylic acids is 2. The van der Waals surface area contributed by atoms with Crippen LogP contribution in [0.3, 0.4) is 0 Å². The maximum absolute atomic E-state index is 12.3. The summed E-state index contributed by atoms with van der Waals surface area (Å²) in [6.45, 7) is 2.42. The van der Waals surface area contributed by atoms with Gasteiger partial charge in [-0.05, 0) is 89.9 Å². The predicted octanol–water partition coefficient (Wildman–Crippen LogP) is 13.6. The van der Waals surface area contributed by atoms with E-state index in [2.05, 4.69) is 104 Å². The lowest BCUT2D eigenvalue weighted by Crippen LogP contribution is -2.43. The van der Waals surface area contributed by atoms with Crippen LogP contribution in [0.2, 0.25) is 0 Å². The fourth-order valence-electron chi connectivity index (χ4n) is 6.30. The molecule has 0 radical (unpaired) electrons.